The summed E-state index contributed by atoms with van der Waals surface area (Å²) in [7, 11) is 2.22. The predicted octanol–water partition coefficient (Wildman–Crippen LogP) is -1.04. The van der Waals surface area contributed by atoms with Crippen molar-refractivity contribution in [3.8, 4) is 0 Å². The van der Waals surface area contributed by atoms with Gasteiger partial charge < -0.3 is 15.1 Å². The van der Waals surface area contributed by atoms with Gasteiger partial charge in [0.1, 0.15) is 26.2 Å². The summed E-state index contributed by atoms with van der Waals surface area (Å²) in [6.45, 7) is 11.3. The minimum Gasteiger partial charge on any atom is -0.328 e. The fourth-order valence-electron chi connectivity index (χ4n) is 2.99. The van der Waals surface area contributed by atoms with E-state index in [4.69, 9.17) is 0 Å². The van der Waals surface area contributed by atoms with Crippen LogP contribution in [0.5, 0.6) is 0 Å². The summed E-state index contributed by atoms with van der Waals surface area (Å²) in [5.74, 6) is 0.134. The molecule has 1 aromatic carbocycles. The summed E-state index contributed by atoms with van der Waals surface area (Å²) in [5, 5.41) is 3.10. The highest BCUT2D eigenvalue weighted by Gasteiger charge is 2.22. The van der Waals surface area contributed by atoms with Crippen LogP contribution in [0.15, 0.2) is 12.1 Å². The van der Waals surface area contributed by atoms with E-state index < -0.39 is 0 Å². The highest BCUT2D eigenvalue weighted by atomic mass is 16.2. The third kappa shape index (κ3) is 3.81. The standard InChI is InChI=1S/C16H25N3O/c1-12-9-13(2)16(14(3)10-12)17-15(20)11-19-7-5-18(4)6-8-19/h9-10H,5-8,11H2,1-4H3,(H,17,20)/p+2. The lowest BCUT2D eigenvalue weighted by molar-refractivity contribution is -0.999. The van der Waals surface area contributed by atoms with Crippen molar-refractivity contribution < 1.29 is 14.6 Å². The maximum atomic E-state index is 12.2. The lowest BCUT2D eigenvalue weighted by Crippen LogP contribution is -3.27. The van der Waals surface area contributed by atoms with Crippen molar-refractivity contribution in [2.75, 3.05) is 45.1 Å². The Kier molecular flexibility index (Phi) is 4.78. The number of amides is 1. The Morgan fingerprint density at radius 3 is 2.20 bits per heavy atom. The van der Waals surface area contributed by atoms with Crippen molar-refractivity contribution in [2.45, 2.75) is 20.8 Å². The number of nitrogens with one attached hydrogen (secondary N) is 3. The van der Waals surface area contributed by atoms with Gasteiger partial charge in [-0.05, 0) is 31.9 Å². The summed E-state index contributed by atoms with van der Waals surface area (Å²) < 4.78 is 0. The first-order valence-electron chi connectivity index (χ1n) is 7.48. The predicted molar refractivity (Wildman–Crippen MR) is 81.5 cm³/mol. The molecule has 20 heavy (non-hydrogen) atoms. The Balaban J connectivity index is 1.95. The average Bonchev–Trinajstić information content (AvgIpc) is 2.36. The molecule has 1 aliphatic heterocycles. The van der Waals surface area contributed by atoms with E-state index in [-0.39, 0.29) is 5.91 Å². The van der Waals surface area contributed by atoms with E-state index in [0.717, 1.165) is 43.0 Å². The number of hydrogen-bond acceptors (Lipinski definition) is 1. The molecule has 4 heteroatoms. The molecule has 0 saturated carbocycles. The molecule has 1 fully saturated rings. The van der Waals surface area contributed by atoms with Gasteiger partial charge in [-0.2, -0.15) is 0 Å². The van der Waals surface area contributed by atoms with E-state index in [1.807, 2.05) is 0 Å². The van der Waals surface area contributed by atoms with Crippen LogP contribution in [0.1, 0.15) is 16.7 Å². The number of benzene rings is 1. The first kappa shape index (κ1) is 15.0. The monoisotopic (exact) mass is 277 g/mol. The van der Waals surface area contributed by atoms with Crippen molar-refractivity contribution in [3.63, 3.8) is 0 Å². The minimum absolute atomic E-state index is 0.134. The zero-order valence-corrected chi connectivity index (χ0v) is 13.1. The molecule has 0 bridgehead atoms. The topological polar surface area (TPSA) is 38.0 Å². The quantitative estimate of drug-likeness (QED) is 0.649. The van der Waals surface area contributed by atoms with Gasteiger partial charge in [0, 0.05) is 5.69 Å². The van der Waals surface area contributed by atoms with Crippen LogP contribution in [0, 0.1) is 20.8 Å². The first-order valence-corrected chi connectivity index (χ1v) is 7.48. The average molecular weight is 277 g/mol. The number of aryl methyl sites for hydroxylation is 3. The number of hydrogen-bond donors (Lipinski definition) is 3. The van der Waals surface area contributed by atoms with Crippen molar-refractivity contribution in [3.05, 3.63) is 28.8 Å². The molecule has 1 saturated heterocycles. The molecule has 0 aliphatic carbocycles. The smallest absolute Gasteiger partial charge is 0.279 e. The van der Waals surface area contributed by atoms with Crippen molar-refractivity contribution in [1.82, 2.24) is 0 Å². The molecular weight excluding hydrogens is 250 g/mol. The van der Waals surface area contributed by atoms with E-state index >= 15 is 0 Å². The largest absolute Gasteiger partial charge is 0.328 e. The highest BCUT2D eigenvalue weighted by Crippen LogP contribution is 2.21. The van der Waals surface area contributed by atoms with Crippen LogP contribution in [0.3, 0.4) is 0 Å². The first-order chi connectivity index (χ1) is 9.45. The third-order valence-electron chi connectivity index (χ3n) is 4.16. The Bertz CT molecular complexity index is 467. The second-order valence-corrected chi connectivity index (χ2v) is 6.21. The summed E-state index contributed by atoms with van der Waals surface area (Å²) in [4.78, 5) is 15.2. The summed E-state index contributed by atoms with van der Waals surface area (Å²) in [6, 6.07) is 4.24. The van der Waals surface area contributed by atoms with Crippen LogP contribution >= 0.6 is 0 Å². The van der Waals surface area contributed by atoms with Crippen LogP contribution in [-0.2, 0) is 4.79 Å². The van der Waals surface area contributed by atoms with Gasteiger partial charge in [0.2, 0.25) is 0 Å². The van der Waals surface area contributed by atoms with Crippen molar-refractivity contribution in [1.29, 1.82) is 0 Å². The maximum absolute atomic E-state index is 12.2. The molecule has 2 rings (SSSR count). The Morgan fingerprint density at radius 1 is 1.10 bits per heavy atom. The molecule has 4 nitrogen and oxygen atoms in total. The Labute approximate surface area is 121 Å². The van der Waals surface area contributed by atoms with Gasteiger partial charge >= 0.3 is 0 Å². The molecule has 1 aliphatic rings. The highest BCUT2D eigenvalue weighted by molar-refractivity contribution is 5.93. The van der Waals surface area contributed by atoms with Gasteiger partial charge in [-0.1, -0.05) is 17.7 Å². The summed E-state index contributed by atoms with van der Waals surface area (Å²) in [5.41, 5.74) is 4.52. The number of anilines is 1. The molecule has 1 heterocycles. The van der Waals surface area contributed by atoms with Crippen LogP contribution in [-0.4, -0.2) is 45.7 Å². The van der Waals surface area contributed by atoms with Crippen LogP contribution in [0.4, 0.5) is 5.69 Å². The van der Waals surface area contributed by atoms with E-state index in [1.54, 1.807) is 4.90 Å². The number of quaternary nitrogens is 2. The lowest BCUT2D eigenvalue weighted by atomic mass is 10.1. The second-order valence-electron chi connectivity index (χ2n) is 6.21. The molecular formula is C16H27N3O+2. The van der Waals surface area contributed by atoms with Gasteiger partial charge in [-0.3, -0.25) is 4.79 Å². The minimum atomic E-state index is 0.134. The van der Waals surface area contributed by atoms with Gasteiger partial charge in [-0.25, -0.2) is 0 Å². The number of likely N-dealkylation sites (N-methyl/N-ethyl adjacent to an activating group) is 1. The molecule has 0 atom stereocenters. The Hall–Kier alpha value is -1.39. The molecule has 0 unspecified atom stereocenters. The third-order valence-corrected chi connectivity index (χ3v) is 4.16. The van der Waals surface area contributed by atoms with Crippen LogP contribution in [0.25, 0.3) is 0 Å². The molecule has 1 amide bonds. The lowest BCUT2D eigenvalue weighted by Gasteiger charge is -2.27. The number of rotatable bonds is 3. The fourth-order valence-corrected chi connectivity index (χ4v) is 2.99. The van der Waals surface area contributed by atoms with Gasteiger partial charge in [0.15, 0.2) is 6.54 Å². The van der Waals surface area contributed by atoms with E-state index in [1.165, 1.54) is 10.5 Å². The molecule has 1 aromatic rings. The molecule has 110 valence electrons. The zero-order valence-electron chi connectivity index (χ0n) is 13.1. The van der Waals surface area contributed by atoms with Crippen molar-refractivity contribution >= 4 is 11.6 Å². The van der Waals surface area contributed by atoms with Crippen molar-refractivity contribution in [2.24, 2.45) is 0 Å². The summed E-state index contributed by atoms with van der Waals surface area (Å²) in [6.07, 6.45) is 0. The number of piperazine rings is 1. The van der Waals surface area contributed by atoms with E-state index in [0.29, 0.717) is 6.54 Å². The second kappa shape index (κ2) is 6.37. The van der Waals surface area contributed by atoms with E-state index in [2.05, 4.69) is 45.3 Å². The Morgan fingerprint density at radius 2 is 1.65 bits per heavy atom. The van der Waals surface area contributed by atoms with Gasteiger partial charge in [0.25, 0.3) is 5.91 Å². The molecule has 0 radical (unpaired) electrons. The maximum Gasteiger partial charge on any atom is 0.279 e. The van der Waals surface area contributed by atoms with Crippen LogP contribution in [0.2, 0.25) is 0 Å². The van der Waals surface area contributed by atoms with E-state index in [9.17, 15) is 4.79 Å². The molecule has 3 N–H and O–H groups in total. The number of carbonyl (C=O) groups excluding carboxylic acids is 1. The van der Waals surface area contributed by atoms with Gasteiger partial charge in [-0.15, -0.1) is 0 Å². The zero-order chi connectivity index (χ0) is 14.7. The SMILES string of the molecule is Cc1cc(C)c(NC(=O)C[NH+]2CC[NH+](C)CC2)c(C)c1. The molecule has 0 spiro atoms. The fraction of sp³-hybridized carbons (Fsp3) is 0.562. The van der Waals surface area contributed by atoms with Gasteiger partial charge in [0.05, 0.1) is 7.05 Å². The van der Waals surface area contributed by atoms with Crippen LogP contribution < -0.4 is 15.1 Å². The summed E-state index contributed by atoms with van der Waals surface area (Å²) >= 11 is 0. The number of carbonyl (C=O) groups is 1. The normalized spacial score (nSPS) is 22.6. The molecule has 0 aromatic heterocycles.